The Morgan fingerprint density at radius 3 is 3.05 bits per heavy atom. The molecule has 2 atom stereocenters. The quantitative estimate of drug-likeness (QED) is 0.858. The number of aliphatic carboxylic acids is 1. The van der Waals surface area contributed by atoms with E-state index < -0.39 is 12.0 Å². The van der Waals surface area contributed by atoms with Crippen molar-refractivity contribution in [3.63, 3.8) is 0 Å². The molecule has 1 aliphatic rings. The summed E-state index contributed by atoms with van der Waals surface area (Å²) in [5.41, 5.74) is 0.805. The monoisotopic (exact) mass is 261 g/mol. The largest absolute Gasteiger partial charge is 0.480 e. The molecule has 7 nitrogen and oxygen atoms in total. The maximum Gasteiger partial charge on any atom is 0.326 e. The summed E-state index contributed by atoms with van der Waals surface area (Å²) < 4.78 is 1.60. The van der Waals surface area contributed by atoms with Crippen LogP contribution in [0.5, 0.6) is 0 Å². The number of fused-ring (bicyclic) bond motifs is 1. The first kappa shape index (κ1) is 11.9. The highest BCUT2D eigenvalue weighted by Crippen LogP contribution is 2.29. The Morgan fingerprint density at radius 1 is 1.53 bits per heavy atom. The van der Waals surface area contributed by atoms with Gasteiger partial charge in [-0.15, -0.1) is 0 Å². The van der Waals surface area contributed by atoms with Crippen molar-refractivity contribution in [2.75, 3.05) is 11.4 Å². The first-order chi connectivity index (χ1) is 9.08. The zero-order valence-corrected chi connectivity index (χ0v) is 10.8. The van der Waals surface area contributed by atoms with Gasteiger partial charge in [0.15, 0.2) is 0 Å². The molecule has 2 aromatic rings. The molecule has 1 N–H and O–H groups in total. The number of anilines is 1. The summed E-state index contributed by atoms with van der Waals surface area (Å²) in [6, 6.07) is 1.34. The molecule has 3 heterocycles. The van der Waals surface area contributed by atoms with Gasteiger partial charge in [-0.3, -0.25) is 0 Å². The predicted molar refractivity (Wildman–Crippen MR) is 68.1 cm³/mol. The van der Waals surface area contributed by atoms with E-state index in [1.54, 1.807) is 4.52 Å². The van der Waals surface area contributed by atoms with Crippen LogP contribution >= 0.6 is 0 Å². The van der Waals surface area contributed by atoms with E-state index >= 15 is 0 Å². The minimum absolute atomic E-state index is 0.115. The van der Waals surface area contributed by atoms with Gasteiger partial charge in [0.2, 0.25) is 0 Å². The van der Waals surface area contributed by atoms with Crippen molar-refractivity contribution >= 4 is 17.6 Å². The third-order valence-corrected chi connectivity index (χ3v) is 3.61. The van der Waals surface area contributed by atoms with Crippen molar-refractivity contribution in [2.45, 2.75) is 26.3 Å². The van der Waals surface area contributed by atoms with Crippen LogP contribution in [0.25, 0.3) is 5.78 Å². The van der Waals surface area contributed by atoms with Gasteiger partial charge < -0.3 is 10.0 Å². The van der Waals surface area contributed by atoms with Crippen molar-refractivity contribution in [1.29, 1.82) is 0 Å². The lowest BCUT2D eigenvalue weighted by molar-refractivity contribution is -0.139. The molecular formula is C12H15N5O2. The highest BCUT2D eigenvalue weighted by Gasteiger charge is 2.38. The summed E-state index contributed by atoms with van der Waals surface area (Å²) >= 11 is 0. The Bertz CT molecular complexity index is 638. The molecule has 2 unspecified atom stereocenters. The molecule has 2 aromatic heterocycles. The molecule has 19 heavy (non-hydrogen) atoms. The minimum Gasteiger partial charge on any atom is -0.480 e. The highest BCUT2D eigenvalue weighted by molar-refractivity contribution is 5.79. The molecule has 0 aliphatic carbocycles. The van der Waals surface area contributed by atoms with Gasteiger partial charge in [-0.2, -0.15) is 14.6 Å². The van der Waals surface area contributed by atoms with E-state index in [1.165, 1.54) is 6.33 Å². The lowest BCUT2D eigenvalue weighted by Crippen LogP contribution is -2.40. The molecule has 0 spiro atoms. The standard InChI is InChI=1S/C12H15N5O2/c1-7-3-4-16(10(7)11(18)19)9-5-8(2)15-12-13-6-14-17(9)12/h5-7,10H,3-4H2,1-2H3,(H,18,19). The average molecular weight is 261 g/mol. The first-order valence-electron chi connectivity index (χ1n) is 6.25. The van der Waals surface area contributed by atoms with Gasteiger partial charge in [0.25, 0.3) is 5.78 Å². The number of rotatable bonds is 2. The maximum absolute atomic E-state index is 11.5. The fraction of sp³-hybridized carbons (Fsp3) is 0.500. The van der Waals surface area contributed by atoms with E-state index in [0.717, 1.165) is 17.9 Å². The van der Waals surface area contributed by atoms with Crippen molar-refractivity contribution in [2.24, 2.45) is 5.92 Å². The summed E-state index contributed by atoms with van der Waals surface area (Å²) in [7, 11) is 0. The molecule has 7 heteroatoms. The molecule has 1 saturated heterocycles. The number of hydrogen-bond donors (Lipinski definition) is 1. The van der Waals surface area contributed by atoms with E-state index in [4.69, 9.17) is 0 Å². The van der Waals surface area contributed by atoms with Crippen LogP contribution in [0.4, 0.5) is 5.82 Å². The van der Waals surface area contributed by atoms with Crippen LogP contribution in [-0.4, -0.2) is 43.2 Å². The van der Waals surface area contributed by atoms with Gasteiger partial charge in [0, 0.05) is 18.3 Å². The third-order valence-electron chi connectivity index (χ3n) is 3.61. The second-order valence-electron chi connectivity index (χ2n) is 4.97. The number of hydrogen-bond acceptors (Lipinski definition) is 5. The Morgan fingerprint density at radius 2 is 2.32 bits per heavy atom. The fourth-order valence-electron chi connectivity index (χ4n) is 2.70. The van der Waals surface area contributed by atoms with Crippen molar-refractivity contribution < 1.29 is 9.90 Å². The van der Waals surface area contributed by atoms with Crippen LogP contribution in [0.3, 0.4) is 0 Å². The van der Waals surface area contributed by atoms with Gasteiger partial charge in [-0.25, -0.2) is 9.78 Å². The van der Waals surface area contributed by atoms with Gasteiger partial charge in [-0.05, 0) is 19.3 Å². The van der Waals surface area contributed by atoms with Crippen LogP contribution in [0.1, 0.15) is 19.0 Å². The summed E-state index contributed by atoms with van der Waals surface area (Å²) in [5.74, 6) is 0.563. The number of aromatic nitrogens is 4. The van der Waals surface area contributed by atoms with Gasteiger partial charge in [0.05, 0.1) is 0 Å². The van der Waals surface area contributed by atoms with E-state index in [1.807, 2.05) is 24.8 Å². The molecule has 0 saturated carbocycles. The molecule has 0 radical (unpaired) electrons. The Hall–Kier alpha value is -2.18. The Labute approximate surface area is 109 Å². The highest BCUT2D eigenvalue weighted by atomic mass is 16.4. The Kier molecular flexibility index (Phi) is 2.62. The van der Waals surface area contributed by atoms with Gasteiger partial charge in [0.1, 0.15) is 18.2 Å². The van der Waals surface area contributed by atoms with E-state index in [-0.39, 0.29) is 5.92 Å². The van der Waals surface area contributed by atoms with Gasteiger partial charge >= 0.3 is 5.97 Å². The minimum atomic E-state index is -0.798. The van der Waals surface area contributed by atoms with Gasteiger partial charge in [-0.1, -0.05) is 6.92 Å². The molecule has 0 amide bonds. The predicted octanol–water partition coefficient (Wildman–Crippen LogP) is 0.732. The second-order valence-corrected chi connectivity index (χ2v) is 4.97. The molecule has 3 rings (SSSR count). The van der Waals surface area contributed by atoms with Crippen molar-refractivity contribution in [1.82, 2.24) is 19.6 Å². The fourth-order valence-corrected chi connectivity index (χ4v) is 2.70. The van der Waals surface area contributed by atoms with E-state index in [9.17, 15) is 9.90 Å². The number of aryl methyl sites for hydroxylation is 1. The normalized spacial score (nSPS) is 23.2. The number of nitrogens with zero attached hydrogens (tertiary/aromatic N) is 5. The van der Waals surface area contributed by atoms with Crippen LogP contribution in [0.2, 0.25) is 0 Å². The lowest BCUT2D eigenvalue weighted by Gasteiger charge is -2.25. The zero-order valence-electron chi connectivity index (χ0n) is 10.8. The lowest BCUT2D eigenvalue weighted by atomic mass is 10.0. The van der Waals surface area contributed by atoms with Crippen LogP contribution in [0.15, 0.2) is 12.4 Å². The molecule has 100 valence electrons. The van der Waals surface area contributed by atoms with Crippen molar-refractivity contribution in [3.05, 3.63) is 18.1 Å². The van der Waals surface area contributed by atoms with E-state index in [0.29, 0.717) is 12.3 Å². The summed E-state index contributed by atoms with van der Waals surface area (Å²) in [4.78, 5) is 21.7. The molecule has 0 bridgehead atoms. The van der Waals surface area contributed by atoms with E-state index in [2.05, 4.69) is 15.1 Å². The first-order valence-corrected chi connectivity index (χ1v) is 6.25. The molecule has 1 aliphatic heterocycles. The zero-order chi connectivity index (χ0) is 13.6. The smallest absolute Gasteiger partial charge is 0.326 e. The summed E-state index contributed by atoms with van der Waals surface area (Å²) in [6.45, 7) is 4.54. The van der Waals surface area contributed by atoms with Crippen LogP contribution < -0.4 is 4.90 Å². The average Bonchev–Trinajstić information content (AvgIpc) is 2.93. The third kappa shape index (κ3) is 1.81. The Balaban J connectivity index is 2.13. The number of carboxylic acid groups (broad SMARTS) is 1. The molecule has 0 aromatic carbocycles. The number of carbonyl (C=O) groups is 1. The molecular weight excluding hydrogens is 246 g/mol. The maximum atomic E-state index is 11.5. The SMILES string of the molecule is Cc1cc(N2CCC(C)C2C(=O)O)n2ncnc2n1. The van der Waals surface area contributed by atoms with Crippen LogP contribution in [-0.2, 0) is 4.79 Å². The summed E-state index contributed by atoms with van der Waals surface area (Å²) in [6.07, 6.45) is 2.29. The van der Waals surface area contributed by atoms with Crippen molar-refractivity contribution in [3.8, 4) is 0 Å². The second kappa shape index (κ2) is 4.18. The number of carboxylic acids is 1. The molecule has 1 fully saturated rings. The topological polar surface area (TPSA) is 83.6 Å². The summed E-state index contributed by atoms with van der Waals surface area (Å²) in [5, 5.41) is 13.5. The van der Waals surface area contributed by atoms with Crippen LogP contribution in [0, 0.1) is 12.8 Å².